The predicted octanol–water partition coefficient (Wildman–Crippen LogP) is 0.701. The zero-order chi connectivity index (χ0) is 14.0. The number of hydrogen-bond donors (Lipinski definition) is 1. The minimum Gasteiger partial charge on any atom is -0.298 e. The Morgan fingerprint density at radius 1 is 1.53 bits per heavy atom. The van der Waals surface area contributed by atoms with E-state index < -0.39 is 0 Å². The van der Waals surface area contributed by atoms with Crippen LogP contribution in [0.5, 0.6) is 0 Å². The van der Waals surface area contributed by atoms with E-state index in [2.05, 4.69) is 24.3 Å². The number of amides is 2. The van der Waals surface area contributed by atoms with Gasteiger partial charge in [0.05, 0.1) is 24.8 Å². The number of nitrogens with one attached hydrogen (secondary N) is 1. The predicted molar refractivity (Wildman–Crippen MR) is 70.3 cm³/mol. The summed E-state index contributed by atoms with van der Waals surface area (Å²) in [4.78, 5) is 25.0. The van der Waals surface area contributed by atoms with Gasteiger partial charge in [-0.25, -0.2) is 0 Å². The van der Waals surface area contributed by atoms with Crippen LogP contribution in [-0.2, 0) is 16.1 Å². The highest BCUT2D eigenvalue weighted by molar-refractivity contribution is 6.00. The zero-order valence-electron chi connectivity index (χ0n) is 11.6. The van der Waals surface area contributed by atoms with Gasteiger partial charge in [-0.3, -0.25) is 24.5 Å². The number of piperazine rings is 1. The van der Waals surface area contributed by atoms with Gasteiger partial charge in [0.15, 0.2) is 0 Å². The number of imide groups is 1. The van der Waals surface area contributed by atoms with E-state index in [1.165, 1.54) is 4.90 Å². The van der Waals surface area contributed by atoms with Crippen molar-refractivity contribution in [1.29, 1.82) is 0 Å². The summed E-state index contributed by atoms with van der Waals surface area (Å²) in [6, 6.07) is 1.87. The second kappa shape index (κ2) is 5.52. The molecule has 0 aromatic carbocycles. The van der Waals surface area contributed by atoms with E-state index in [1.807, 2.05) is 16.9 Å². The van der Waals surface area contributed by atoms with Crippen molar-refractivity contribution in [3.63, 3.8) is 0 Å². The fraction of sp³-hybridized carbons (Fsp3) is 0.615. The largest absolute Gasteiger partial charge is 0.298 e. The first-order valence-electron chi connectivity index (χ1n) is 6.64. The summed E-state index contributed by atoms with van der Waals surface area (Å²) in [6.07, 6.45) is 2.88. The first-order chi connectivity index (χ1) is 9.02. The third kappa shape index (κ3) is 2.84. The van der Waals surface area contributed by atoms with Gasteiger partial charge >= 0.3 is 0 Å². The molecule has 0 bridgehead atoms. The molecule has 1 aliphatic rings. The normalized spacial score (nSPS) is 21.8. The molecule has 0 aliphatic carbocycles. The SMILES string of the molecule is CCC(C)n1ccc(CN2C(=O)CNC(C)C2=O)n1. The Morgan fingerprint density at radius 3 is 2.95 bits per heavy atom. The minimum atomic E-state index is -0.311. The summed E-state index contributed by atoms with van der Waals surface area (Å²) >= 11 is 0. The molecule has 6 nitrogen and oxygen atoms in total. The van der Waals surface area contributed by atoms with Gasteiger partial charge in [0, 0.05) is 12.2 Å². The van der Waals surface area contributed by atoms with Gasteiger partial charge in [0.1, 0.15) is 0 Å². The van der Waals surface area contributed by atoms with E-state index in [0.29, 0.717) is 6.04 Å². The van der Waals surface area contributed by atoms with E-state index in [1.54, 1.807) is 6.92 Å². The molecule has 1 saturated heterocycles. The highest BCUT2D eigenvalue weighted by atomic mass is 16.2. The summed E-state index contributed by atoms with van der Waals surface area (Å²) in [7, 11) is 0. The first kappa shape index (κ1) is 13.7. The molecule has 2 rings (SSSR count). The summed E-state index contributed by atoms with van der Waals surface area (Å²) < 4.78 is 1.87. The van der Waals surface area contributed by atoms with Crippen molar-refractivity contribution in [3.05, 3.63) is 18.0 Å². The van der Waals surface area contributed by atoms with Crippen LogP contribution in [0.25, 0.3) is 0 Å². The molecule has 0 saturated carbocycles. The second-order valence-corrected chi connectivity index (χ2v) is 4.97. The van der Waals surface area contributed by atoms with Crippen molar-refractivity contribution in [2.24, 2.45) is 0 Å². The molecule has 0 spiro atoms. The van der Waals surface area contributed by atoms with Crippen LogP contribution in [-0.4, -0.2) is 39.1 Å². The second-order valence-electron chi connectivity index (χ2n) is 4.97. The van der Waals surface area contributed by atoms with Gasteiger partial charge in [-0.15, -0.1) is 0 Å². The third-order valence-electron chi connectivity index (χ3n) is 3.52. The van der Waals surface area contributed by atoms with Crippen LogP contribution in [0.4, 0.5) is 0 Å². The number of carbonyl (C=O) groups is 2. The molecule has 1 aliphatic heterocycles. The van der Waals surface area contributed by atoms with E-state index in [9.17, 15) is 9.59 Å². The van der Waals surface area contributed by atoms with Crippen molar-refractivity contribution in [3.8, 4) is 0 Å². The molecule has 2 amide bonds. The van der Waals surface area contributed by atoms with Gasteiger partial charge in [-0.1, -0.05) is 6.92 Å². The van der Waals surface area contributed by atoms with Crippen LogP contribution in [0.1, 0.15) is 38.9 Å². The monoisotopic (exact) mass is 264 g/mol. The Balaban J connectivity index is 2.09. The summed E-state index contributed by atoms with van der Waals surface area (Å²) in [5, 5.41) is 7.28. The minimum absolute atomic E-state index is 0.186. The van der Waals surface area contributed by atoms with Gasteiger partial charge in [0.25, 0.3) is 0 Å². The Bertz CT molecular complexity index is 483. The van der Waals surface area contributed by atoms with Crippen molar-refractivity contribution in [2.45, 2.75) is 45.8 Å². The van der Waals surface area contributed by atoms with E-state index >= 15 is 0 Å². The lowest BCUT2D eigenvalue weighted by molar-refractivity contribution is -0.149. The van der Waals surface area contributed by atoms with Crippen LogP contribution in [0.15, 0.2) is 12.3 Å². The van der Waals surface area contributed by atoms with E-state index in [-0.39, 0.29) is 30.9 Å². The molecule has 1 N–H and O–H groups in total. The maximum absolute atomic E-state index is 11.9. The average molecular weight is 264 g/mol. The maximum Gasteiger partial charge on any atom is 0.246 e. The fourth-order valence-corrected chi connectivity index (χ4v) is 2.00. The van der Waals surface area contributed by atoms with Gasteiger partial charge < -0.3 is 0 Å². The topological polar surface area (TPSA) is 67.2 Å². The molecule has 6 heteroatoms. The molecule has 2 atom stereocenters. The van der Waals surface area contributed by atoms with Crippen molar-refractivity contribution < 1.29 is 9.59 Å². The Hall–Kier alpha value is -1.69. The van der Waals surface area contributed by atoms with Crippen molar-refractivity contribution in [1.82, 2.24) is 20.0 Å². The lowest BCUT2D eigenvalue weighted by Crippen LogP contribution is -2.56. The molecule has 104 valence electrons. The summed E-state index contributed by atoms with van der Waals surface area (Å²) in [5.74, 6) is -0.379. The molecule has 0 radical (unpaired) electrons. The first-order valence-corrected chi connectivity index (χ1v) is 6.64. The number of hydrogen-bond acceptors (Lipinski definition) is 4. The van der Waals surface area contributed by atoms with Gasteiger partial charge in [-0.05, 0) is 26.3 Å². The zero-order valence-corrected chi connectivity index (χ0v) is 11.6. The van der Waals surface area contributed by atoms with Crippen LogP contribution >= 0.6 is 0 Å². The average Bonchev–Trinajstić information content (AvgIpc) is 2.87. The number of nitrogens with zero attached hydrogens (tertiary/aromatic N) is 3. The fourth-order valence-electron chi connectivity index (χ4n) is 2.00. The van der Waals surface area contributed by atoms with Crippen LogP contribution in [0.2, 0.25) is 0 Å². The smallest absolute Gasteiger partial charge is 0.246 e. The van der Waals surface area contributed by atoms with Crippen LogP contribution in [0.3, 0.4) is 0 Å². The van der Waals surface area contributed by atoms with Gasteiger partial charge in [0.2, 0.25) is 11.8 Å². The molecular formula is C13H20N4O2. The van der Waals surface area contributed by atoms with E-state index in [4.69, 9.17) is 0 Å². The standard InChI is InChI=1S/C13H20N4O2/c1-4-9(2)17-6-5-11(15-17)8-16-12(18)7-14-10(3)13(16)19/h5-6,9-10,14H,4,7-8H2,1-3H3. The van der Waals surface area contributed by atoms with Crippen molar-refractivity contribution >= 4 is 11.8 Å². The molecule has 2 unspecified atom stereocenters. The Labute approximate surface area is 112 Å². The highest BCUT2D eigenvalue weighted by Crippen LogP contribution is 2.12. The molecule has 2 heterocycles. The molecule has 1 aromatic heterocycles. The number of aromatic nitrogens is 2. The molecule has 1 fully saturated rings. The van der Waals surface area contributed by atoms with Crippen molar-refractivity contribution in [2.75, 3.05) is 6.54 Å². The Kier molecular flexibility index (Phi) is 3.99. The lowest BCUT2D eigenvalue weighted by Gasteiger charge is -2.29. The quantitative estimate of drug-likeness (QED) is 0.813. The van der Waals surface area contributed by atoms with Crippen LogP contribution in [0, 0.1) is 0 Å². The summed E-state index contributed by atoms with van der Waals surface area (Å²) in [5.41, 5.74) is 0.746. The third-order valence-corrected chi connectivity index (χ3v) is 3.52. The Morgan fingerprint density at radius 2 is 2.26 bits per heavy atom. The highest BCUT2D eigenvalue weighted by Gasteiger charge is 2.31. The van der Waals surface area contributed by atoms with Gasteiger partial charge in [-0.2, -0.15) is 5.10 Å². The molecule has 1 aromatic rings. The van der Waals surface area contributed by atoms with E-state index in [0.717, 1.165) is 12.1 Å². The number of carbonyl (C=O) groups excluding carboxylic acids is 2. The van der Waals surface area contributed by atoms with Crippen LogP contribution < -0.4 is 5.32 Å². The molecular weight excluding hydrogens is 244 g/mol. The number of rotatable bonds is 4. The maximum atomic E-state index is 11.9. The lowest BCUT2D eigenvalue weighted by atomic mass is 10.2. The summed E-state index contributed by atoms with van der Waals surface area (Å²) in [6.45, 7) is 6.41. The molecule has 19 heavy (non-hydrogen) atoms.